The maximum Gasteiger partial charge on any atom is 0.387 e. The van der Waals surface area contributed by atoms with E-state index >= 15 is 0 Å². The quantitative estimate of drug-likeness (QED) is 0.420. The lowest BCUT2D eigenvalue weighted by Crippen LogP contribution is -2.10. The van der Waals surface area contributed by atoms with Gasteiger partial charge in [0.25, 0.3) is 0 Å². The number of nitrogens with zero attached hydrogens (tertiary/aromatic N) is 3. The van der Waals surface area contributed by atoms with Gasteiger partial charge in [-0.3, -0.25) is 9.36 Å². The van der Waals surface area contributed by atoms with E-state index in [0.29, 0.717) is 11.0 Å². The molecule has 2 aromatic carbocycles. The number of benzene rings is 2. The molecule has 0 atom stereocenters. The largest absolute Gasteiger partial charge is 0.434 e. The first-order valence-corrected chi connectivity index (χ1v) is 9.54. The van der Waals surface area contributed by atoms with E-state index in [1.807, 2.05) is 42.7 Å². The topological polar surface area (TPSA) is 57.0 Å². The molecule has 0 aliphatic rings. The van der Waals surface area contributed by atoms with Crippen LogP contribution in [-0.2, 0) is 0 Å². The number of carbonyl (C=O) groups is 1. The summed E-state index contributed by atoms with van der Waals surface area (Å²) in [6, 6.07) is 12.4. The normalized spacial score (nSPS) is 11.1. The summed E-state index contributed by atoms with van der Waals surface area (Å²) in [5.41, 5.74) is 2.90. The van der Waals surface area contributed by atoms with Crippen molar-refractivity contribution in [2.24, 2.45) is 0 Å². The number of halogens is 2. The van der Waals surface area contributed by atoms with Gasteiger partial charge in [-0.2, -0.15) is 8.78 Å². The Hall–Kier alpha value is -2.74. The minimum atomic E-state index is -2.99. The van der Waals surface area contributed by atoms with Crippen molar-refractivity contribution in [2.75, 3.05) is 5.75 Å². The molecule has 1 aromatic heterocycles. The molecule has 0 N–H and O–H groups in total. The van der Waals surface area contributed by atoms with E-state index in [1.54, 1.807) is 19.1 Å². The Morgan fingerprint density at radius 3 is 2.57 bits per heavy atom. The molecule has 0 unspecified atom stereocenters. The number of alkyl halides is 2. The van der Waals surface area contributed by atoms with Gasteiger partial charge in [-0.25, -0.2) is 0 Å². The van der Waals surface area contributed by atoms with Crippen LogP contribution in [0.4, 0.5) is 8.78 Å². The Morgan fingerprint density at radius 1 is 1.11 bits per heavy atom. The number of aromatic nitrogens is 3. The number of hydrogen-bond acceptors (Lipinski definition) is 5. The summed E-state index contributed by atoms with van der Waals surface area (Å²) in [7, 11) is 0. The van der Waals surface area contributed by atoms with Crippen molar-refractivity contribution in [1.82, 2.24) is 14.8 Å². The van der Waals surface area contributed by atoms with Crippen molar-refractivity contribution in [3.63, 3.8) is 0 Å². The van der Waals surface area contributed by atoms with Gasteiger partial charge in [-0.15, -0.1) is 10.2 Å². The van der Waals surface area contributed by atoms with E-state index in [0.717, 1.165) is 16.8 Å². The molecule has 0 spiro atoms. The second-order valence-electron chi connectivity index (χ2n) is 6.29. The van der Waals surface area contributed by atoms with Crippen molar-refractivity contribution in [3.05, 3.63) is 65.0 Å². The lowest BCUT2D eigenvalue weighted by atomic mass is 10.1. The van der Waals surface area contributed by atoms with Crippen LogP contribution in [0.3, 0.4) is 0 Å². The molecule has 0 saturated heterocycles. The van der Waals surface area contributed by atoms with Gasteiger partial charge in [0.1, 0.15) is 11.6 Å². The lowest BCUT2D eigenvalue weighted by Gasteiger charge is -2.11. The van der Waals surface area contributed by atoms with Crippen LogP contribution in [0.2, 0.25) is 0 Å². The SMILES string of the molecule is Cc1cccc(-n2c(C)nnc2SCC(=O)c2cc(C)ccc2OC(F)F)c1. The predicted molar refractivity (Wildman–Crippen MR) is 104 cm³/mol. The van der Waals surface area contributed by atoms with E-state index in [4.69, 9.17) is 0 Å². The second-order valence-corrected chi connectivity index (χ2v) is 7.24. The number of aryl methyl sites for hydroxylation is 3. The minimum absolute atomic E-state index is 0.0208. The highest BCUT2D eigenvalue weighted by atomic mass is 32.2. The number of hydrogen-bond donors (Lipinski definition) is 0. The fourth-order valence-corrected chi connectivity index (χ4v) is 3.65. The molecular weight excluding hydrogens is 384 g/mol. The zero-order valence-electron chi connectivity index (χ0n) is 15.6. The van der Waals surface area contributed by atoms with Crippen molar-refractivity contribution >= 4 is 17.5 Å². The van der Waals surface area contributed by atoms with E-state index in [2.05, 4.69) is 14.9 Å². The second kappa shape index (κ2) is 8.52. The van der Waals surface area contributed by atoms with Gasteiger partial charge in [0.05, 0.1) is 11.3 Å². The molecule has 0 aliphatic heterocycles. The molecule has 0 fully saturated rings. The monoisotopic (exact) mass is 403 g/mol. The molecule has 3 rings (SSSR count). The van der Waals surface area contributed by atoms with Crippen LogP contribution in [0.25, 0.3) is 5.69 Å². The molecule has 8 heteroatoms. The number of carbonyl (C=O) groups excluding carboxylic acids is 1. The van der Waals surface area contributed by atoms with Gasteiger partial charge in [0, 0.05) is 5.69 Å². The number of Topliss-reactive ketones (excluding diaryl/α,β-unsaturated/α-hetero) is 1. The molecule has 3 aromatic rings. The van der Waals surface area contributed by atoms with Crippen molar-refractivity contribution in [1.29, 1.82) is 0 Å². The van der Waals surface area contributed by atoms with Gasteiger partial charge < -0.3 is 4.74 Å². The van der Waals surface area contributed by atoms with Crippen LogP contribution in [-0.4, -0.2) is 32.9 Å². The average molecular weight is 403 g/mol. The Balaban J connectivity index is 1.82. The molecule has 1 heterocycles. The summed E-state index contributed by atoms with van der Waals surface area (Å²) >= 11 is 1.20. The maximum atomic E-state index is 12.7. The van der Waals surface area contributed by atoms with Crippen LogP contribution in [0.5, 0.6) is 5.75 Å². The van der Waals surface area contributed by atoms with Crippen molar-refractivity contribution in [2.45, 2.75) is 32.5 Å². The summed E-state index contributed by atoms with van der Waals surface area (Å²) in [5.74, 6) is 0.272. The fraction of sp³-hybridized carbons (Fsp3) is 0.250. The molecule has 0 aliphatic carbocycles. The smallest absolute Gasteiger partial charge is 0.387 e. The first-order chi connectivity index (χ1) is 13.3. The van der Waals surface area contributed by atoms with E-state index in [9.17, 15) is 13.6 Å². The average Bonchev–Trinajstić information content (AvgIpc) is 3.01. The third-order valence-electron chi connectivity index (χ3n) is 4.04. The molecule has 0 bridgehead atoms. The van der Waals surface area contributed by atoms with E-state index in [-0.39, 0.29) is 22.8 Å². The summed E-state index contributed by atoms with van der Waals surface area (Å²) in [5, 5.41) is 8.81. The third-order valence-corrected chi connectivity index (χ3v) is 4.97. The Kier molecular flexibility index (Phi) is 6.08. The standard InChI is InChI=1S/C20H19F2N3O2S/c1-12-5-4-6-15(9-12)25-14(3)23-24-20(25)28-11-17(26)16-10-13(2)7-8-18(16)27-19(21)22/h4-10,19H,11H2,1-3H3. The third kappa shape index (κ3) is 4.56. The molecular formula is C20H19F2N3O2S. The van der Waals surface area contributed by atoms with Crippen LogP contribution in [0.15, 0.2) is 47.6 Å². The molecule has 0 amide bonds. The number of thioether (sulfide) groups is 1. The van der Waals surface area contributed by atoms with Gasteiger partial charge in [0.15, 0.2) is 10.9 Å². The molecule has 28 heavy (non-hydrogen) atoms. The maximum absolute atomic E-state index is 12.7. The Morgan fingerprint density at radius 2 is 1.86 bits per heavy atom. The molecule has 5 nitrogen and oxygen atoms in total. The van der Waals surface area contributed by atoms with Crippen LogP contribution in [0.1, 0.15) is 27.3 Å². The van der Waals surface area contributed by atoms with E-state index < -0.39 is 6.61 Å². The van der Waals surface area contributed by atoms with Crippen molar-refractivity contribution < 1.29 is 18.3 Å². The van der Waals surface area contributed by atoms with Crippen LogP contribution in [0, 0.1) is 20.8 Å². The molecule has 0 saturated carbocycles. The first kappa shape index (κ1) is 20.0. The van der Waals surface area contributed by atoms with Crippen LogP contribution >= 0.6 is 11.8 Å². The molecule has 146 valence electrons. The van der Waals surface area contributed by atoms with Crippen LogP contribution < -0.4 is 4.74 Å². The number of ketones is 1. The highest BCUT2D eigenvalue weighted by Gasteiger charge is 2.19. The fourth-order valence-electron chi connectivity index (χ4n) is 2.77. The van der Waals surface area contributed by atoms with Gasteiger partial charge in [-0.05, 0) is 50.6 Å². The number of ether oxygens (including phenoxy) is 1. The Labute approximate surface area is 165 Å². The van der Waals surface area contributed by atoms with E-state index in [1.165, 1.54) is 17.8 Å². The highest BCUT2D eigenvalue weighted by molar-refractivity contribution is 7.99. The zero-order valence-corrected chi connectivity index (χ0v) is 16.5. The Bertz CT molecular complexity index is 1000. The highest BCUT2D eigenvalue weighted by Crippen LogP contribution is 2.27. The number of rotatable bonds is 7. The van der Waals surface area contributed by atoms with Gasteiger partial charge >= 0.3 is 6.61 Å². The van der Waals surface area contributed by atoms with Crippen molar-refractivity contribution in [3.8, 4) is 11.4 Å². The molecule has 0 radical (unpaired) electrons. The summed E-state index contributed by atoms with van der Waals surface area (Å²) in [4.78, 5) is 12.7. The summed E-state index contributed by atoms with van der Waals surface area (Å²) in [6.45, 7) is 2.61. The first-order valence-electron chi connectivity index (χ1n) is 8.55. The predicted octanol–water partition coefficient (Wildman–Crippen LogP) is 4.77. The minimum Gasteiger partial charge on any atom is -0.434 e. The lowest BCUT2D eigenvalue weighted by molar-refractivity contribution is -0.0501. The summed E-state index contributed by atoms with van der Waals surface area (Å²) < 4.78 is 31.6. The zero-order chi connectivity index (χ0) is 20.3. The van der Waals surface area contributed by atoms with Gasteiger partial charge in [0.2, 0.25) is 0 Å². The van der Waals surface area contributed by atoms with Gasteiger partial charge in [-0.1, -0.05) is 35.5 Å². The summed E-state index contributed by atoms with van der Waals surface area (Å²) in [6.07, 6.45) is 0.